The Morgan fingerprint density at radius 3 is 3.00 bits per heavy atom. The molecule has 7 heteroatoms. The van der Waals surface area contributed by atoms with Crippen molar-refractivity contribution in [1.82, 2.24) is 15.5 Å². The summed E-state index contributed by atoms with van der Waals surface area (Å²) in [6.45, 7) is 1.53. The molecular weight excluding hydrogens is 326 g/mol. The van der Waals surface area contributed by atoms with Gasteiger partial charge in [0.15, 0.2) is 0 Å². The van der Waals surface area contributed by atoms with Gasteiger partial charge in [-0.2, -0.15) is 0 Å². The molecule has 1 aliphatic rings. The van der Waals surface area contributed by atoms with Crippen molar-refractivity contribution in [1.29, 1.82) is 0 Å². The van der Waals surface area contributed by atoms with Crippen molar-refractivity contribution in [3.8, 4) is 0 Å². The third kappa shape index (κ3) is 4.38. The summed E-state index contributed by atoms with van der Waals surface area (Å²) >= 11 is 1.60. The van der Waals surface area contributed by atoms with Crippen LogP contribution in [0, 0.1) is 0 Å². The van der Waals surface area contributed by atoms with Gasteiger partial charge in [-0.05, 0) is 42.8 Å². The molecule has 0 unspecified atom stereocenters. The number of hydrogen-bond acceptors (Lipinski definition) is 4. The summed E-state index contributed by atoms with van der Waals surface area (Å²) < 4.78 is 5.37. The van der Waals surface area contributed by atoms with Crippen molar-refractivity contribution in [2.45, 2.75) is 38.4 Å². The number of amides is 3. The molecule has 128 valence electrons. The molecule has 3 heterocycles. The lowest BCUT2D eigenvalue weighted by molar-refractivity contribution is -0.122. The van der Waals surface area contributed by atoms with E-state index in [1.165, 1.54) is 0 Å². The maximum atomic E-state index is 12.7. The SMILES string of the molecule is O=C1NCCCC[C@@H]1NC(=O)N(Cc1ccco1)Cc1cccs1. The monoisotopic (exact) mass is 347 g/mol. The van der Waals surface area contributed by atoms with Gasteiger partial charge in [-0.15, -0.1) is 11.3 Å². The number of urea groups is 1. The molecule has 0 aromatic carbocycles. The topological polar surface area (TPSA) is 74.6 Å². The quantitative estimate of drug-likeness (QED) is 0.873. The van der Waals surface area contributed by atoms with E-state index < -0.39 is 6.04 Å². The molecular formula is C17H21N3O3S. The Kier molecular flexibility index (Phi) is 5.53. The molecule has 1 fully saturated rings. The molecule has 0 aliphatic carbocycles. The maximum Gasteiger partial charge on any atom is 0.318 e. The van der Waals surface area contributed by atoms with E-state index in [0.717, 1.165) is 17.7 Å². The van der Waals surface area contributed by atoms with Crippen LogP contribution in [0.3, 0.4) is 0 Å². The molecule has 1 saturated heterocycles. The van der Waals surface area contributed by atoms with Gasteiger partial charge in [-0.25, -0.2) is 4.79 Å². The van der Waals surface area contributed by atoms with Crippen LogP contribution in [0.25, 0.3) is 0 Å². The smallest absolute Gasteiger partial charge is 0.318 e. The predicted octanol–water partition coefficient (Wildman–Crippen LogP) is 2.72. The van der Waals surface area contributed by atoms with Crippen molar-refractivity contribution in [2.75, 3.05) is 6.54 Å². The van der Waals surface area contributed by atoms with E-state index in [1.54, 1.807) is 28.6 Å². The Morgan fingerprint density at radius 2 is 2.25 bits per heavy atom. The zero-order valence-electron chi connectivity index (χ0n) is 13.4. The van der Waals surface area contributed by atoms with Crippen LogP contribution < -0.4 is 10.6 Å². The average molecular weight is 347 g/mol. The molecule has 0 bridgehead atoms. The molecule has 24 heavy (non-hydrogen) atoms. The summed E-state index contributed by atoms with van der Waals surface area (Å²) in [5.74, 6) is 0.613. The van der Waals surface area contributed by atoms with Gasteiger partial charge in [0.1, 0.15) is 11.8 Å². The molecule has 0 spiro atoms. The molecule has 3 rings (SSSR count). The predicted molar refractivity (Wildman–Crippen MR) is 91.5 cm³/mol. The third-order valence-corrected chi connectivity index (χ3v) is 4.83. The molecule has 2 aromatic heterocycles. The first kappa shape index (κ1) is 16.6. The number of furan rings is 1. The van der Waals surface area contributed by atoms with Gasteiger partial charge < -0.3 is 20.0 Å². The standard InChI is InChI=1S/C17H21N3O3S/c21-16-15(7-1-2-8-18-16)19-17(22)20(11-13-5-3-9-23-13)12-14-6-4-10-24-14/h3-6,9-10,15H,1-2,7-8,11-12H2,(H,18,21)(H,19,22)/t15-/m0/s1. The highest BCUT2D eigenvalue weighted by molar-refractivity contribution is 7.09. The summed E-state index contributed by atoms with van der Waals surface area (Å²) in [5.41, 5.74) is 0. The summed E-state index contributed by atoms with van der Waals surface area (Å²) in [5, 5.41) is 7.70. The van der Waals surface area contributed by atoms with Crippen LogP contribution in [0.15, 0.2) is 40.3 Å². The van der Waals surface area contributed by atoms with Gasteiger partial charge in [0.05, 0.1) is 19.4 Å². The first-order chi connectivity index (χ1) is 11.7. The minimum Gasteiger partial charge on any atom is -0.467 e. The summed E-state index contributed by atoms with van der Waals surface area (Å²) in [4.78, 5) is 27.5. The lowest BCUT2D eigenvalue weighted by atomic mass is 10.1. The van der Waals surface area contributed by atoms with E-state index in [2.05, 4.69) is 10.6 Å². The van der Waals surface area contributed by atoms with E-state index >= 15 is 0 Å². The molecule has 2 N–H and O–H groups in total. The Bertz CT molecular complexity index is 618. The van der Waals surface area contributed by atoms with Gasteiger partial charge in [0, 0.05) is 11.4 Å². The number of hydrogen-bond donors (Lipinski definition) is 2. The molecule has 1 aliphatic heterocycles. The van der Waals surface area contributed by atoms with Crippen LogP contribution >= 0.6 is 11.3 Å². The van der Waals surface area contributed by atoms with Crippen molar-refractivity contribution >= 4 is 23.3 Å². The van der Waals surface area contributed by atoms with E-state index in [0.29, 0.717) is 31.8 Å². The molecule has 1 atom stereocenters. The second-order valence-electron chi connectivity index (χ2n) is 5.80. The minimum absolute atomic E-state index is 0.102. The summed E-state index contributed by atoms with van der Waals surface area (Å²) in [7, 11) is 0. The van der Waals surface area contributed by atoms with Gasteiger partial charge in [-0.3, -0.25) is 4.79 Å². The molecule has 2 aromatic rings. The van der Waals surface area contributed by atoms with Crippen molar-refractivity contribution in [3.63, 3.8) is 0 Å². The fraction of sp³-hybridized carbons (Fsp3) is 0.412. The fourth-order valence-corrected chi connectivity index (χ4v) is 3.42. The largest absolute Gasteiger partial charge is 0.467 e. The first-order valence-corrected chi connectivity index (χ1v) is 8.98. The zero-order chi connectivity index (χ0) is 16.8. The summed E-state index contributed by atoms with van der Waals surface area (Å²) in [6, 6.07) is 6.87. The van der Waals surface area contributed by atoms with Gasteiger partial charge in [0.2, 0.25) is 5.91 Å². The van der Waals surface area contributed by atoms with Crippen LogP contribution in [0.5, 0.6) is 0 Å². The number of carbonyl (C=O) groups excluding carboxylic acids is 2. The number of nitrogens with zero attached hydrogens (tertiary/aromatic N) is 1. The van der Waals surface area contributed by atoms with Crippen LogP contribution in [-0.4, -0.2) is 29.4 Å². The Labute approximate surface area is 144 Å². The van der Waals surface area contributed by atoms with Crippen LogP contribution in [-0.2, 0) is 17.9 Å². The molecule has 6 nitrogen and oxygen atoms in total. The number of carbonyl (C=O) groups is 2. The number of rotatable bonds is 5. The minimum atomic E-state index is -0.470. The normalized spacial score (nSPS) is 17.8. The highest BCUT2D eigenvalue weighted by Crippen LogP contribution is 2.16. The van der Waals surface area contributed by atoms with E-state index in [1.807, 2.05) is 23.6 Å². The van der Waals surface area contributed by atoms with Crippen molar-refractivity contribution < 1.29 is 14.0 Å². The molecule has 0 radical (unpaired) electrons. The summed E-state index contributed by atoms with van der Waals surface area (Å²) in [6.07, 6.45) is 4.14. The highest BCUT2D eigenvalue weighted by Gasteiger charge is 2.25. The second kappa shape index (κ2) is 8.01. The van der Waals surface area contributed by atoms with Crippen LogP contribution in [0.4, 0.5) is 4.79 Å². The average Bonchev–Trinajstić information content (AvgIpc) is 3.23. The number of nitrogens with one attached hydrogen (secondary N) is 2. The Balaban J connectivity index is 1.68. The van der Waals surface area contributed by atoms with E-state index in [9.17, 15) is 9.59 Å². The maximum absolute atomic E-state index is 12.7. The lowest BCUT2D eigenvalue weighted by Crippen LogP contribution is -2.50. The first-order valence-electron chi connectivity index (χ1n) is 8.10. The molecule has 0 saturated carbocycles. The molecule has 3 amide bonds. The fourth-order valence-electron chi connectivity index (χ4n) is 2.70. The van der Waals surface area contributed by atoms with E-state index in [4.69, 9.17) is 4.42 Å². The van der Waals surface area contributed by atoms with E-state index in [-0.39, 0.29) is 11.9 Å². The second-order valence-corrected chi connectivity index (χ2v) is 6.84. The number of thiophene rings is 1. The Morgan fingerprint density at radius 1 is 1.33 bits per heavy atom. The Hall–Kier alpha value is -2.28. The van der Waals surface area contributed by atoms with Gasteiger partial charge >= 0.3 is 6.03 Å². The zero-order valence-corrected chi connectivity index (χ0v) is 14.2. The van der Waals surface area contributed by atoms with Crippen molar-refractivity contribution in [2.24, 2.45) is 0 Å². The van der Waals surface area contributed by atoms with Gasteiger partial charge in [0.25, 0.3) is 0 Å². The van der Waals surface area contributed by atoms with Gasteiger partial charge in [-0.1, -0.05) is 6.07 Å². The lowest BCUT2D eigenvalue weighted by Gasteiger charge is -2.24. The highest BCUT2D eigenvalue weighted by atomic mass is 32.1. The third-order valence-electron chi connectivity index (χ3n) is 3.97. The van der Waals surface area contributed by atoms with Crippen LogP contribution in [0.1, 0.15) is 29.9 Å². The van der Waals surface area contributed by atoms with Crippen LogP contribution in [0.2, 0.25) is 0 Å². The van der Waals surface area contributed by atoms with Crippen molar-refractivity contribution in [3.05, 3.63) is 46.5 Å².